The summed E-state index contributed by atoms with van der Waals surface area (Å²) in [7, 11) is 0. The van der Waals surface area contributed by atoms with Crippen LogP contribution in [-0.2, 0) is 15.1 Å². The number of benzene rings is 1. The molecule has 1 aliphatic rings. The zero-order valence-corrected chi connectivity index (χ0v) is 13.4. The summed E-state index contributed by atoms with van der Waals surface area (Å²) < 4.78 is 5.10. The lowest BCUT2D eigenvalue weighted by Gasteiger charge is -2.39. The maximum Gasteiger partial charge on any atom is 0.408 e. The number of Topliss-reactive ketones (excluding diaryl/α,β-unsaturated/α-hetero) is 1. The Morgan fingerprint density at radius 3 is 2.77 bits per heavy atom. The molecular formula is C16H20ClNO4. The standard InChI is InChI=1S/C16H20ClNO4/c1-10(2)22-15(21)18-16(9-5-8-13(19)14(16)20)11-6-3-4-7-12(11)17/h3-4,6-7,10,13,19H,5,8-9H2,1-2H3,(H,18,21)/t13-,16-/m0/s1. The Bertz CT molecular complexity index is 575. The summed E-state index contributed by atoms with van der Waals surface area (Å²) in [5.41, 5.74) is -0.858. The molecule has 0 saturated heterocycles. The normalized spacial score (nSPS) is 25.1. The molecule has 0 unspecified atom stereocenters. The van der Waals surface area contributed by atoms with Gasteiger partial charge in [-0.15, -0.1) is 0 Å². The Morgan fingerprint density at radius 1 is 1.45 bits per heavy atom. The van der Waals surface area contributed by atoms with Crippen LogP contribution in [0.25, 0.3) is 0 Å². The van der Waals surface area contributed by atoms with Crippen molar-refractivity contribution in [1.82, 2.24) is 5.32 Å². The van der Waals surface area contributed by atoms with Crippen molar-refractivity contribution in [3.63, 3.8) is 0 Å². The van der Waals surface area contributed by atoms with Gasteiger partial charge in [0.1, 0.15) is 11.6 Å². The Kier molecular flexibility index (Phi) is 5.08. The van der Waals surface area contributed by atoms with E-state index in [0.717, 1.165) is 0 Å². The molecule has 2 N–H and O–H groups in total. The second kappa shape index (κ2) is 6.67. The third-order valence-corrected chi connectivity index (χ3v) is 4.07. The lowest BCUT2D eigenvalue weighted by atomic mass is 9.74. The first-order valence-electron chi connectivity index (χ1n) is 7.33. The fourth-order valence-electron chi connectivity index (χ4n) is 2.78. The first-order valence-corrected chi connectivity index (χ1v) is 7.71. The predicted octanol–water partition coefficient (Wildman–Crippen LogP) is 2.78. The van der Waals surface area contributed by atoms with Crippen molar-refractivity contribution in [3.8, 4) is 0 Å². The molecule has 5 nitrogen and oxygen atoms in total. The van der Waals surface area contributed by atoms with E-state index in [1.807, 2.05) is 0 Å². The van der Waals surface area contributed by atoms with Crippen LogP contribution in [0, 0.1) is 0 Å². The van der Waals surface area contributed by atoms with Crippen molar-refractivity contribution in [3.05, 3.63) is 34.9 Å². The highest BCUT2D eigenvalue weighted by molar-refractivity contribution is 6.31. The molecule has 120 valence electrons. The van der Waals surface area contributed by atoms with E-state index in [4.69, 9.17) is 16.3 Å². The average Bonchev–Trinajstić information content (AvgIpc) is 2.43. The Balaban J connectivity index is 2.43. The van der Waals surface area contributed by atoms with Crippen LogP contribution in [-0.4, -0.2) is 29.2 Å². The van der Waals surface area contributed by atoms with Crippen LogP contribution in [0.4, 0.5) is 4.79 Å². The van der Waals surface area contributed by atoms with E-state index < -0.39 is 23.5 Å². The van der Waals surface area contributed by atoms with Crippen LogP contribution in [0.5, 0.6) is 0 Å². The summed E-state index contributed by atoms with van der Waals surface area (Å²) in [5.74, 6) is -0.451. The third kappa shape index (κ3) is 3.25. The van der Waals surface area contributed by atoms with E-state index in [9.17, 15) is 14.7 Å². The maximum atomic E-state index is 12.6. The van der Waals surface area contributed by atoms with Gasteiger partial charge in [0.05, 0.1) is 6.10 Å². The number of hydrogen-bond donors (Lipinski definition) is 2. The van der Waals surface area contributed by atoms with E-state index in [2.05, 4.69) is 5.32 Å². The molecule has 0 aromatic heterocycles. The SMILES string of the molecule is CC(C)OC(=O)N[C@]1(c2ccccc2Cl)CCC[C@H](O)C1=O. The fraction of sp³-hybridized carbons (Fsp3) is 0.500. The highest BCUT2D eigenvalue weighted by atomic mass is 35.5. The number of carbonyl (C=O) groups excluding carboxylic acids is 2. The quantitative estimate of drug-likeness (QED) is 0.896. The number of ether oxygens (including phenoxy) is 1. The van der Waals surface area contributed by atoms with Crippen molar-refractivity contribution in [1.29, 1.82) is 0 Å². The van der Waals surface area contributed by atoms with Crippen LogP contribution >= 0.6 is 11.6 Å². The number of hydrogen-bond acceptors (Lipinski definition) is 4. The number of carbonyl (C=O) groups is 2. The van der Waals surface area contributed by atoms with Gasteiger partial charge in [-0.1, -0.05) is 29.8 Å². The van der Waals surface area contributed by atoms with Gasteiger partial charge in [-0.05, 0) is 39.2 Å². The molecule has 6 heteroatoms. The molecule has 1 aromatic carbocycles. The van der Waals surface area contributed by atoms with Gasteiger partial charge in [0.25, 0.3) is 0 Å². The highest BCUT2D eigenvalue weighted by Gasteiger charge is 2.48. The molecule has 0 spiro atoms. The van der Waals surface area contributed by atoms with E-state index in [-0.39, 0.29) is 6.10 Å². The van der Waals surface area contributed by atoms with Gasteiger partial charge in [-0.3, -0.25) is 4.79 Å². The van der Waals surface area contributed by atoms with Crippen LogP contribution in [0.15, 0.2) is 24.3 Å². The van der Waals surface area contributed by atoms with Crippen molar-refractivity contribution in [2.24, 2.45) is 0 Å². The molecule has 2 rings (SSSR count). The smallest absolute Gasteiger partial charge is 0.408 e. The van der Waals surface area contributed by atoms with Gasteiger partial charge in [0.2, 0.25) is 0 Å². The topological polar surface area (TPSA) is 75.6 Å². The van der Waals surface area contributed by atoms with Crippen LogP contribution in [0.3, 0.4) is 0 Å². The number of aliphatic hydroxyl groups is 1. The van der Waals surface area contributed by atoms with Crippen LogP contribution < -0.4 is 5.32 Å². The molecule has 1 aliphatic carbocycles. The largest absolute Gasteiger partial charge is 0.447 e. The van der Waals surface area contributed by atoms with Crippen LogP contribution in [0.1, 0.15) is 38.7 Å². The van der Waals surface area contributed by atoms with Crippen molar-refractivity contribution >= 4 is 23.5 Å². The van der Waals surface area contributed by atoms with E-state index >= 15 is 0 Å². The Hall–Kier alpha value is -1.59. The summed E-state index contributed by atoms with van der Waals surface area (Å²) in [6, 6.07) is 6.83. The molecule has 1 aromatic rings. The van der Waals surface area contributed by atoms with Gasteiger partial charge in [-0.2, -0.15) is 0 Å². The summed E-state index contributed by atoms with van der Waals surface area (Å²) in [6.45, 7) is 3.44. The first kappa shape index (κ1) is 16.8. The Morgan fingerprint density at radius 2 is 2.14 bits per heavy atom. The summed E-state index contributed by atoms with van der Waals surface area (Å²) in [5, 5.41) is 13.0. The maximum absolute atomic E-state index is 12.6. The fourth-order valence-corrected chi connectivity index (χ4v) is 3.08. The van der Waals surface area contributed by atoms with Gasteiger partial charge >= 0.3 is 6.09 Å². The van der Waals surface area contributed by atoms with Gasteiger partial charge in [0, 0.05) is 10.6 Å². The molecule has 2 atom stereocenters. The zero-order chi connectivity index (χ0) is 16.3. The number of rotatable bonds is 3. The predicted molar refractivity (Wildman–Crippen MR) is 82.7 cm³/mol. The molecular weight excluding hydrogens is 306 g/mol. The second-order valence-corrected chi connectivity index (χ2v) is 6.14. The number of aliphatic hydroxyl groups excluding tert-OH is 1. The first-order chi connectivity index (χ1) is 10.4. The molecule has 1 fully saturated rings. The number of amides is 1. The van der Waals surface area contributed by atoms with Gasteiger partial charge < -0.3 is 15.2 Å². The number of ketones is 1. The number of nitrogens with one attached hydrogen (secondary N) is 1. The molecule has 0 aliphatic heterocycles. The summed E-state index contributed by atoms with van der Waals surface area (Å²) in [4.78, 5) is 24.7. The number of alkyl carbamates (subject to hydrolysis) is 1. The van der Waals surface area contributed by atoms with E-state index in [1.54, 1.807) is 38.1 Å². The van der Waals surface area contributed by atoms with Gasteiger partial charge in [-0.25, -0.2) is 4.79 Å². The minimum atomic E-state index is -1.35. The van der Waals surface area contributed by atoms with Gasteiger partial charge in [0.15, 0.2) is 5.78 Å². The molecule has 1 saturated carbocycles. The molecule has 0 radical (unpaired) electrons. The van der Waals surface area contributed by atoms with E-state index in [0.29, 0.717) is 29.8 Å². The molecule has 22 heavy (non-hydrogen) atoms. The lowest BCUT2D eigenvalue weighted by Crippen LogP contribution is -2.57. The molecule has 1 amide bonds. The Labute approximate surface area is 134 Å². The third-order valence-electron chi connectivity index (χ3n) is 3.74. The molecule has 0 bridgehead atoms. The average molecular weight is 326 g/mol. The molecule has 0 heterocycles. The zero-order valence-electron chi connectivity index (χ0n) is 12.6. The van der Waals surface area contributed by atoms with Crippen molar-refractivity contribution in [2.75, 3.05) is 0 Å². The van der Waals surface area contributed by atoms with Crippen LogP contribution in [0.2, 0.25) is 5.02 Å². The number of halogens is 1. The lowest BCUT2D eigenvalue weighted by molar-refractivity contribution is -0.137. The highest BCUT2D eigenvalue weighted by Crippen LogP contribution is 2.38. The summed E-state index contributed by atoms with van der Waals surface area (Å²) in [6.07, 6.45) is -0.778. The van der Waals surface area contributed by atoms with E-state index in [1.165, 1.54) is 0 Å². The van der Waals surface area contributed by atoms with Crippen molar-refractivity contribution in [2.45, 2.75) is 50.9 Å². The minimum Gasteiger partial charge on any atom is -0.447 e. The minimum absolute atomic E-state index is 0.313. The second-order valence-electron chi connectivity index (χ2n) is 5.74. The van der Waals surface area contributed by atoms with Crippen molar-refractivity contribution < 1.29 is 19.4 Å². The summed E-state index contributed by atoms with van der Waals surface area (Å²) >= 11 is 6.22. The monoisotopic (exact) mass is 325 g/mol.